The van der Waals surface area contributed by atoms with E-state index in [1.807, 2.05) is 17.7 Å². The summed E-state index contributed by atoms with van der Waals surface area (Å²) in [5, 5.41) is 16.6. The van der Waals surface area contributed by atoms with Gasteiger partial charge in [0, 0.05) is 49.2 Å². The van der Waals surface area contributed by atoms with Gasteiger partial charge in [-0.1, -0.05) is 0 Å². The monoisotopic (exact) mass is 381 g/mol. The van der Waals surface area contributed by atoms with Crippen LogP contribution in [0.5, 0.6) is 0 Å². The van der Waals surface area contributed by atoms with Crippen LogP contribution in [-0.2, 0) is 0 Å². The maximum absolute atomic E-state index is 12.1. The van der Waals surface area contributed by atoms with E-state index < -0.39 is 4.92 Å². The molecular formula is C18H19N7O3. The van der Waals surface area contributed by atoms with Gasteiger partial charge in [-0.15, -0.1) is 0 Å². The molecule has 1 amide bonds. The van der Waals surface area contributed by atoms with E-state index in [4.69, 9.17) is 0 Å². The minimum absolute atomic E-state index is 0.0544. The molecule has 2 heterocycles. The lowest BCUT2D eigenvalue weighted by molar-refractivity contribution is -0.384. The number of aryl methyl sites for hydroxylation is 2. The van der Waals surface area contributed by atoms with Gasteiger partial charge in [-0.2, -0.15) is 0 Å². The van der Waals surface area contributed by atoms with Gasteiger partial charge in [0.25, 0.3) is 11.6 Å². The number of hydrogen-bond donors (Lipinski definition) is 2. The minimum Gasteiger partial charge on any atom is -0.368 e. The second-order valence-corrected chi connectivity index (χ2v) is 5.99. The summed E-state index contributed by atoms with van der Waals surface area (Å²) < 4.78 is 1.86. The van der Waals surface area contributed by atoms with Crippen molar-refractivity contribution in [3.63, 3.8) is 0 Å². The van der Waals surface area contributed by atoms with Crippen molar-refractivity contribution in [1.82, 2.24) is 24.8 Å². The summed E-state index contributed by atoms with van der Waals surface area (Å²) in [6.07, 6.45) is 3.53. The van der Waals surface area contributed by atoms with Crippen LogP contribution < -0.4 is 10.6 Å². The lowest BCUT2D eigenvalue weighted by Gasteiger charge is -2.10. The van der Waals surface area contributed by atoms with Gasteiger partial charge in [0.2, 0.25) is 0 Å². The largest absolute Gasteiger partial charge is 0.368 e. The predicted molar refractivity (Wildman–Crippen MR) is 103 cm³/mol. The van der Waals surface area contributed by atoms with Crippen LogP contribution in [0.25, 0.3) is 5.82 Å². The van der Waals surface area contributed by atoms with E-state index in [9.17, 15) is 14.9 Å². The summed E-state index contributed by atoms with van der Waals surface area (Å²) in [7, 11) is 0. The van der Waals surface area contributed by atoms with Crippen molar-refractivity contribution in [2.45, 2.75) is 13.8 Å². The van der Waals surface area contributed by atoms with E-state index in [-0.39, 0.29) is 11.6 Å². The first-order valence-electron chi connectivity index (χ1n) is 8.56. The van der Waals surface area contributed by atoms with Crippen LogP contribution in [-0.4, -0.2) is 43.4 Å². The molecule has 0 aliphatic carbocycles. The van der Waals surface area contributed by atoms with E-state index >= 15 is 0 Å². The topological polar surface area (TPSA) is 128 Å². The molecule has 144 valence electrons. The van der Waals surface area contributed by atoms with Crippen molar-refractivity contribution in [2.24, 2.45) is 0 Å². The highest BCUT2D eigenvalue weighted by Crippen LogP contribution is 2.13. The average molecular weight is 381 g/mol. The highest BCUT2D eigenvalue weighted by molar-refractivity contribution is 5.94. The Morgan fingerprint density at radius 1 is 1.18 bits per heavy atom. The first kappa shape index (κ1) is 19.0. The molecule has 0 saturated carbocycles. The number of rotatable bonds is 7. The normalized spacial score (nSPS) is 10.5. The van der Waals surface area contributed by atoms with Crippen molar-refractivity contribution in [3.05, 3.63) is 70.1 Å². The van der Waals surface area contributed by atoms with Gasteiger partial charge in [-0.3, -0.25) is 19.5 Å². The Kier molecular flexibility index (Phi) is 5.58. The van der Waals surface area contributed by atoms with E-state index in [0.29, 0.717) is 36.1 Å². The number of nitro groups is 1. The van der Waals surface area contributed by atoms with Crippen LogP contribution in [0.4, 0.5) is 11.5 Å². The molecule has 0 aliphatic heterocycles. The van der Waals surface area contributed by atoms with Crippen molar-refractivity contribution in [1.29, 1.82) is 0 Å². The summed E-state index contributed by atoms with van der Waals surface area (Å²) >= 11 is 0. The maximum atomic E-state index is 12.1. The second kappa shape index (κ2) is 8.25. The summed E-state index contributed by atoms with van der Waals surface area (Å²) in [6.45, 7) is 4.51. The molecule has 10 nitrogen and oxygen atoms in total. The summed E-state index contributed by atoms with van der Waals surface area (Å²) in [5.41, 5.74) is 0.308. The number of nitrogens with zero attached hydrogens (tertiary/aromatic N) is 5. The fourth-order valence-corrected chi connectivity index (χ4v) is 2.59. The number of amides is 1. The minimum atomic E-state index is -0.505. The fourth-order valence-electron chi connectivity index (χ4n) is 2.59. The Morgan fingerprint density at radius 2 is 1.93 bits per heavy atom. The zero-order valence-corrected chi connectivity index (χ0v) is 15.4. The van der Waals surface area contributed by atoms with Crippen LogP contribution in [0.1, 0.15) is 22.0 Å². The molecule has 3 aromatic rings. The molecule has 2 N–H and O–H groups in total. The molecular weight excluding hydrogens is 362 g/mol. The fraction of sp³-hybridized carbons (Fsp3) is 0.222. The van der Waals surface area contributed by atoms with Gasteiger partial charge in [0.05, 0.1) is 4.92 Å². The quantitative estimate of drug-likeness (QED) is 0.364. The molecule has 0 atom stereocenters. The molecule has 0 unspecified atom stereocenters. The van der Waals surface area contributed by atoms with Crippen LogP contribution >= 0.6 is 0 Å². The Morgan fingerprint density at radius 3 is 2.57 bits per heavy atom. The van der Waals surface area contributed by atoms with Gasteiger partial charge < -0.3 is 10.6 Å². The highest BCUT2D eigenvalue weighted by Gasteiger charge is 2.09. The van der Waals surface area contributed by atoms with E-state index in [0.717, 1.165) is 5.82 Å². The van der Waals surface area contributed by atoms with Crippen LogP contribution in [0.15, 0.2) is 42.7 Å². The zero-order valence-electron chi connectivity index (χ0n) is 15.4. The lowest BCUT2D eigenvalue weighted by atomic mass is 10.2. The van der Waals surface area contributed by atoms with Crippen molar-refractivity contribution < 1.29 is 9.72 Å². The number of non-ortho nitro benzene ring substituents is 1. The highest BCUT2D eigenvalue weighted by atomic mass is 16.6. The van der Waals surface area contributed by atoms with Crippen molar-refractivity contribution >= 4 is 17.4 Å². The first-order valence-corrected chi connectivity index (χ1v) is 8.56. The molecule has 0 fully saturated rings. The molecule has 2 aromatic heterocycles. The summed E-state index contributed by atoms with van der Waals surface area (Å²) in [6, 6.07) is 7.26. The Bertz CT molecular complexity index is 999. The zero-order chi connectivity index (χ0) is 20.1. The number of hydrogen-bond acceptors (Lipinski definition) is 7. The smallest absolute Gasteiger partial charge is 0.269 e. The Balaban J connectivity index is 1.55. The number of imidazole rings is 1. The van der Waals surface area contributed by atoms with Crippen molar-refractivity contribution in [3.8, 4) is 5.82 Å². The molecule has 10 heteroatoms. The third-order valence-corrected chi connectivity index (χ3v) is 3.95. The lowest BCUT2D eigenvalue weighted by Crippen LogP contribution is -2.29. The van der Waals surface area contributed by atoms with Crippen LogP contribution in [0, 0.1) is 24.0 Å². The molecule has 28 heavy (non-hydrogen) atoms. The number of anilines is 1. The summed E-state index contributed by atoms with van der Waals surface area (Å²) in [5.74, 6) is 2.48. The molecule has 0 saturated heterocycles. The molecule has 0 spiro atoms. The first-order chi connectivity index (χ1) is 13.4. The van der Waals surface area contributed by atoms with Gasteiger partial charge in [-0.25, -0.2) is 15.0 Å². The Hall–Kier alpha value is -3.82. The number of aromatic nitrogens is 4. The number of carbonyl (C=O) groups is 1. The molecule has 0 bridgehead atoms. The van der Waals surface area contributed by atoms with Crippen LogP contribution in [0.3, 0.4) is 0 Å². The van der Waals surface area contributed by atoms with Gasteiger partial charge in [-0.05, 0) is 26.0 Å². The Labute approximate surface area is 160 Å². The van der Waals surface area contributed by atoms with Gasteiger partial charge in [0.1, 0.15) is 23.3 Å². The van der Waals surface area contributed by atoms with Crippen molar-refractivity contribution in [2.75, 3.05) is 18.4 Å². The molecule has 0 aliphatic rings. The van der Waals surface area contributed by atoms with Gasteiger partial charge >= 0.3 is 0 Å². The van der Waals surface area contributed by atoms with Gasteiger partial charge in [0.15, 0.2) is 0 Å². The number of nitrogens with one attached hydrogen (secondary N) is 2. The van der Waals surface area contributed by atoms with E-state index in [1.165, 1.54) is 24.3 Å². The number of nitro benzene ring substituents is 1. The third-order valence-electron chi connectivity index (χ3n) is 3.95. The van der Waals surface area contributed by atoms with E-state index in [2.05, 4.69) is 25.6 Å². The second-order valence-electron chi connectivity index (χ2n) is 5.99. The summed E-state index contributed by atoms with van der Waals surface area (Å²) in [4.78, 5) is 35.2. The molecule has 0 radical (unpaired) electrons. The molecule has 3 rings (SSSR count). The standard InChI is InChI=1S/C18H19N7O3/c1-12-22-16(11-17(23-12)24-10-9-19-13(24)2)20-7-8-21-18(26)14-3-5-15(6-4-14)25(27)28/h3-6,9-11H,7-8H2,1-2H3,(H,21,26)(H,20,22,23). The predicted octanol–water partition coefficient (Wildman–Crippen LogP) is 2.03. The third kappa shape index (κ3) is 4.47. The SMILES string of the molecule is Cc1nc(NCCNC(=O)c2ccc([N+](=O)[O-])cc2)cc(-n2ccnc2C)n1. The maximum Gasteiger partial charge on any atom is 0.269 e. The van der Waals surface area contributed by atoms with Crippen LogP contribution in [0.2, 0.25) is 0 Å². The number of benzene rings is 1. The molecule has 1 aromatic carbocycles. The van der Waals surface area contributed by atoms with E-state index in [1.54, 1.807) is 19.2 Å². The average Bonchev–Trinajstić information content (AvgIpc) is 3.10. The number of carbonyl (C=O) groups excluding carboxylic acids is 1.